The minimum Gasteiger partial charge on any atom is -0.497 e. The SMILES string of the molecule is COc1cccc(-c2ccnc(Cl)c2[N+](=O)[O-])c1. The average Bonchev–Trinajstić information content (AvgIpc) is 2.38. The molecule has 5 nitrogen and oxygen atoms in total. The molecule has 92 valence electrons. The molecular formula is C12H9ClN2O3. The van der Waals surface area contributed by atoms with Gasteiger partial charge in [-0.05, 0) is 23.8 Å². The number of nitrogens with zero attached hydrogens (tertiary/aromatic N) is 2. The number of ether oxygens (including phenoxy) is 1. The van der Waals surface area contributed by atoms with E-state index in [1.165, 1.54) is 13.3 Å². The molecule has 1 heterocycles. The lowest BCUT2D eigenvalue weighted by Crippen LogP contribution is -1.95. The summed E-state index contributed by atoms with van der Waals surface area (Å²) in [7, 11) is 1.53. The van der Waals surface area contributed by atoms with Crippen molar-refractivity contribution in [1.29, 1.82) is 0 Å². The molecular weight excluding hydrogens is 256 g/mol. The molecule has 0 radical (unpaired) electrons. The summed E-state index contributed by atoms with van der Waals surface area (Å²) in [6, 6.07) is 8.53. The average molecular weight is 265 g/mol. The molecule has 1 aromatic carbocycles. The molecule has 2 aromatic rings. The Morgan fingerprint density at radius 2 is 2.17 bits per heavy atom. The van der Waals surface area contributed by atoms with Gasteiger partial charge in [-0.25, -0.2) is 4.98 Å². The number of hydrogen-bond donors (Lipinski definition) is 0. The Kier molecular flexibility index (Phi) is 3.43. The van der Waals surface area contributed by atoms with Crippen molar-refractivity contribution in [3.8, 4) is 16.9 Å². The lowest BCUT2D eigenvalue weighted by Gasteiger charge is -2.06. The van der Waals surface area contributed by atoms with Crippen LogP contribution < -0.4 is 4.74 Å². The summed E-state index contributed by atoms with van der Waals surface area (Å²) in [5, 5.41) is 10.9. The zero-order valence-corrected chi connectivity index (χ0v) is 10.2. The Morgan fingerprint density at radius 1 is 1.39 bits per heavy atom. The fourth-order valence-electron chi connectivity index (χ4n) is 1.63. The molecule has 0 saturated heterocycles. The van der Waals surface area contributed by atoms with Crippen LogP contribution in [0.25, 0.3) is 11.1 Å². The highest BCUT2D eigenvalue weighted by atomic mass is 35.5. The van der Waals surface area contributed by atoms with Gasteiger partial charge in [-0.2, -0.15) is 0 Å². The number of hydrogen-bond acceptors (Lipinski definition) is 4. The molecule has 18 heavy (non-hydrogen) atoms. The van der Waals surface area contributed by atoms with Crippen LogP contribution in [0.5, 0.6) is 5.75 Å². The summed E-state index contributed by atoms with van der Waals surface area (Å²) in [4.78, 5) is 14.2. The quantitative estimate of drug-likeness (QED) is 0.485. The maximum Gasteiger partial charge on any atom is 0.314 e. The van der Waals surface area contributed by atoms with Crippen molar-refractivity contribution in [3.05, 3.63) is 51.8 Å². The number of benzene rings is 1. The third-order valence-corrected chi connectivity index (χ3v) is 2.72. The Balaban J connectivity index is 2.63. The molecule has 6 heteroatoms. The van der Waals surface area contributed by atoms with Crippen molar-refractivity contribution in [2.75, 3.05) is 7.11 Å². The Labute approximate surface area is 108 Å². The van der Waals surface area contributed by atoms with E-state index in [9.17, 15) is 10.1 Å². The maximum atomic E-state index is 11.0. The van der Waals surface area contributed by atoms with Gasteiger partial charge in [0.2, 0.25) is 5.15 Å². The fourth-order valence-corrected chi connectivity index (χ4v) is 1.85. The van der Waals surface area contributed by atoms with Gasteiger partial charge in [0.15, 0.2) is 0 Å². The zero-order chi connectivity index (χ0) is 13.1. The van der Waals surface area contributed by atoms with Crippen LogP contribution in [0.15, 0.2) is 36.5 Å². The monoisotopic (exact) mass is 264 g/mol. The van der Waals surface area contributed by atoms with E-state index < -0.39 is 4.92 Å². The van der Waals surface area contributed by atoms with Gasteiger partial charge < -0.3 is 4.74 Å². The van der Waals surface area contributed by atoms with E-state index in [2.05, 4.69) is 4.98 Å². The van der Waals surface area contributed by atoms with Crippen LogP contribution in [0.3, 0.4) is 0 Å². The molecule has 1 aromatic heterocycles. The van der Waals surface area contributed by atoms with Gasteiger partial charge in [0.25, 0.3) is 0 Å². The van der Waals surface area contributed by atoms with Crippen LogP contribution in [-0.2, 0) is 0 Å². The molecule has 0 aliphatic rings. The van der Waals surface area contributed by atoms with Crippen molar-refractivity contribution in [3.63, 3.8) is 0 Å². The van der Waals surface area contributed by atoms with E-state index in [-0.39, 0.29) is 10.8 Å². The van der Waals surface area contributed by atoms with E-state index >= 15 is 0 Å². The summed E-state index contributed by atoms with van der Waals surface area (Å²) in [5.41, 5.74) is 0.872. The highest BCUT2D eigenvalue weighted by Gasteiger charge is 2.20. The van der Waals surface area contributed by atoms with Crippen LogP contribution >= 0.6 is 11.6 Å². The highest BCUT2D eigenvalue weighted by molar-refractivity contribution is 6.32. The molecule has 0 amide bonds. The molecule has 0 saturated carbocycles. The van der Waals surface area contributed by atoms with Crippen molar-refractivity contribution in [1.82, 2.24) is 4.98 Å². The first-order chi connectivity index (χ1) is 8.63. The second-order valence-electron chi connectivity index (χ2n) is 3.49. The third kappa shape index (κ3) is 2.26. The Morgan fingerprint density at radius 3 is 2.83 bits per heavy atom. The van der Waals surface area contributed by atoms with Gasteiger partial charge in [-0.3, -0.25) is 10.1 Å². The van der Waals surface area contributed by atoms with Crippen LogP contribution in [0.4, 0.5) is 5.69 Å². The molecule has 0 unspecified atom stereocenters. The van der Waals surface area contributed by atoms with E-state index in [4.69, 9.17) is 16.3 Å². The van der Waals surface area contributed by atoms with E-state index in [0.29, 0.717) is 16.9 Å². The van der Waals surface area contributed by atoms with Gasteiger partial charge in [0.1, 0.15) is 5.75 Å². The van der Waals surface area contributed by atoms with Crippen molar-refractivity contribution in [2.24, 2.45) is 0 Å². The van der Waals surface area contributed by atoms with E-state index in [0.717, 1.165) is 0 Å². The normalized spacial score (nSPS) is 10.1. The maximum absolute atomic E-state index is 11.0. The predicted octanol–water partition coefficient (Wildman–Crippen LogP) is 3.32. The van der Waals surface area contributed by atoms with Gasteiger partial charge >= 0.3 is 5.69 Å². The van der Waals surface area contributed by atoms with Crippen LogP contribution in [-0.4, -0.2) is 17.0 Å². The Hall–Kier alpha value is -2.14. The van der Waals surface area contributed by atoms with Crippen molar-refractivity contribution in [2.45, 2.75) is 0 Å². The largest absolute Gasteiger partial charge is 0.497 e. The second kappa shape index (κ2) is 5.01. The van der Waals surface area contributed by atoms with Gasteiger partial charge in [0, 0.05) is 6.20 Å². The van der Waals surface area contributed by atoms with Gasteiger partial charge in [-0.1, -0.05) is 23.7 Å². The van der Waals surface area contributed by atoms with Crippen LogP contribution in [0, 0.1) is 10.1 Å². The van der Waals surface area contributed by atoms with Crippen LogP contribution in [0.1, 0.15) is 0 Å². The molecule has 2 rings (SSSR count). The highest BCUT2D eigenvalue weighted by Crippen LogP contribution is 2.35. The van der Waals surface area contributed by atoms with E-state index in [1.54, 1.807) is 30.3 Å². The molecule has 0 aliphatic heterocycles. The lowest BCUT2D eigenvalue weighted by atomic mass is 10.1. The summed E-state index contributed by atoms with van der Waals surface area (Å²) in [5.74, 6) is 0.620. The fraction of sp³-hybridized carbons (Fsp3) is 0.0833. The molecule has 0 aliphatic carbocycles. The van der Waals surface area contributed by atoms with Crippen molar-refractivity contribution < 1.29 is 9.66 Å². The molecule has 0 N–H and O–H groups in total. The number of aromatic nitrogens is 1. The minimum atomic E-state index is -0.538. The Bertz CT molecular complexity index is 602. The number of halogens is 1. The number of nitro groups is 1. The van der Waals surface area contributed by atoms with E-state index in [1.807, 2.05) is 0 Å². The second-order valence-corrected chi connectivity index (χ2v) is 3.85. The van der Waals surface area contributed by atoms with Crippen molar-refractivity contribution >= 4 is 17.3 Å². The lowest BCUT2D eigenvalue weighted by molar-refractivity contribution is -0.384. The molecule has 0 atom stereocenters. The van der Waals surface area contributed by atoms with Crippen LogP contribution in [0.2, 0.25) is 5.15 Å². The number of pyridine rings is 1. The molecule has 0 fully saturated rings. The summed E-state index contributed by atoms with van der Waals surface area (Å²) in [6.45, 7) is 0. The zero-order valence-electron chi connectivity index (χ0n) is 9.46. The summed E-state index contributed by atoms with van der Waals surface area (Å²) >= 11 is 5.76. The smallest absolute Gasteiger partial charge is 0.314 e. The topological polar surface area (TPSA) is 65.3 Å². The minimum absolute atomic E-state index is 0.125. The molecule has 0 bridgehead atoms. The summed E-state index contributed by atoms with van der Waals surface area (Å²) in [6.07, 6.45) is 1.43. The molecule has 0 spiro atoms. The number of rotatable bonds is 3. The number of methoxy groups -OCH3 is 1. The van der Waals surface area contributed by atoms with Gasteiger partial charge in [-0.15, -0.1) is 0 Å². The first-order valence-corrected chi connectivity index (χ1v) is 5.44. The third-order valence-electron chi connectivity index (χ3n) is 2.44. The first-order valence-electron chi connectivity index (χ1n) is 5.07. The standard InChI is InChI=1S/C12H9ClN2O3/c1-18-9-4-2-3-8(7-9)10-5-6-14-12(13)11(10)15(16)17/h2-7H,1H3. The summed E-state index contributed by atoms with van der Waals surface area (Å²) < 4.78 is 5.09. The predicted molar refractivity (Wildman–Crippen MR) is 67.9 cm³/mol. The van der Waals surface area contributed by atoms with Gasteiger partial charge in [0.05, 0.1) is 17.6 Å². The first kappa shape index (κ1) is 12.3.